The minimum atomic E-state index is 0.676. The molecule has 0 aliphatic carbocycles. The van der Waals surface area contributed by atoms with Crippen LogP contribution in [-0.2, 0) is 0 Å². The van der Waals surface area contributed by atoms with Crippen molar-refractivity contribution in [3.05, 3.63) is 201 Å². The fourth-order valence-corrected chi connectivity index (χ4v) is 9.89. The van der Waals surface area contributed by atoms with Gasteiger partial charge in [0.1, 0.15) is 0 Å². The lowest BCUT2D eigenvalue weighted by Crippen LogP contribution is -2.14. The van der Waals surface area contributed by atoms with E-state index in [0.717, 1.165) is 99.2 Å². The first kappa shape index (κ1) is 35.0. The number of hydrogen-bond acceptors (Lipinski definition) is 6. The van der Waals surface area contributed by atoms with E-state index in [1.54, 1.807) is 37.2 Å². The standard InChI is InChI=1S/C54H33N9/c1-7-19-43-34(13-1)35-14-2-8-20-44(35)61(43)52-49(40-31-55-25-28-58-40)53(62-45-21-9-3-15-36(45)37-16-4-10-22-46(37)62)51(42-33-57-27-30-60-42)54(50(52)41-32-56-26-29-59-41)63-47-23-11-5-17-38(47)39-18-6-12-24-48(39)63/h1-33H. The third-order valence-corrected chi connectivity index (χ3v) is 12.3. The summed E-state index contributed by atoms with van der Waals surface area (Å²) in [5.74, 6) is 0. The number of para-hydroxylation sites is 6. The van der Waals surface area contributed by atoms with Gasteiger partial charge in [-0.25, -0.2) is 0 Å². The van der Waals surface area contributed by atoms with Gasteiger partial charge in [-0.3, -0.25) is 29.9 Å². The van der Waals surface area contributed by atoms with Crippen molar-refractivity contribution in [2.24, 2.45) is 0 Å². The van der Waals surface area contributed by atoms with Crippen LogP contribution in [0.1, 0.15) is 0 Å². The maximum absolute atomic E-state index is 5.20. The maximum atomic E-state index is 5.20. The zero-order valence-electron chi connectivity index (χ0n) is 33.6. The SMILES string of the molecule is c1ccc2c(c1)c1ccccc1n2-c1c(-c2cnccn2)c(-n2c3ccccc3c3ccccc32)c(-c2cnccn2)c(-n2c3ccccc3c3ccccc32)c1-c1cnccn1. The Kier molecular flexibility index (Phi) is 7.70. The molecule has 63 heavy (non-hydrogen) atoms. The van der Waals surface area contributed by atoms with Gasteiger partial charge < -0.3 is 13.7 Å². The zero-order chi connectivity index (χ0) is 41.4. The highest BCUT2D eigenvalue weighted by Gasteiger charge is 2.35. The highest BCUT2D eigenvalue weighted by Crippen LogP contribution is 2.53. The molecular weight excluding hydrogens is 775 g/mol. The van der Waals surface area contributed by atoms with Crippen LogP contribution in [0.2, 0.25) is 0 Å². The average molecular weight is 808 g/mol. The van der Waals surface area contributed by atoms with Crippen molar-refractivity contribution in [3.8, 4) is 50.8 Å². The van der Waals surface area contributed by atoms with Crippen molar-refractivity contribution in [2.45, 2.75) is 0 Å². The zero-order valence-corrected chi connectivity index (χ0v) is 33.6. The molecule has 0 radical (unpaired) electrons. The van der Waals surface area contributed by atoms with Crippen molar-refractivity contribution in [1.29, 1.82) is 0 Å². The molecule has 13 aromatic rings. The molecule has 0 N–H and O–H groups in total. The molecule has 0 unspecified atom stereocenters. The minimum absolute atomic E-state index is 0.676. The monoisotopic (exact) mass is 807 g/mol. The van der Waals surface area contributed by atoms with Crippen LogP contribution in [0.25, 0.3) is 116 Å². The molecule has 0 saturated carbocycles. The molecule has 0 amide bonds. The third kappa shape index (κ3) is 5.11. The lowest BCUT2D eigenvalue weighted by molar-refractivity contribution is 1.07. The van der Waals surface area contributed by atoms with Crippen LogP contribution in [0.3, 0.4) is 0 Å². The van der Waals surface area contributed by atoms with E-state index in [1.807, 2.05) is 18.6 Å². The Labute approximate surface area is 359 Å². The third-order valence-electron chi connectivity index (χ3n) is 12.3. The van der Waals surface area contributed by atoms with Crippen LogP contribution in [0, 0.1) is 0 Å². The summed E-state index contributed by atoms with van der Waals surface area (Å²) in [4.78, 5) is 29.9. The van der Waals surface area contributed by atoms with Crippen LogP contribution in [0.15, 0.2) is 201 Å². The Morgan fingerprint density at radius 1 is 0.254 bits per heavy atom. The van der Waals surface area contributed by atoms with Gasteiger partial charge in [0.05, 0.1) is 103 Å². The second-order valence-electron chi connectivity index (χ2n) is 15.6. The van der Waals surface area contributed by atoms with E-state index in [4.69, 9.17) is 29.9 Å². The first-order chi connectivity index (χ1) is 31.3. The smallest absolute Gasteiger partial charge is 0.0927 e. The Balaban J connectivity index is 1.42. The van der Waals surface area contributed by atoms with E-state index in [9.17, 15) is 0 Å². The Hall–Kier alpha value is -8.82. The van der Waals surface area contributed by atoms with Gasteiger partial charge in [-0.2, -0.15) is 0 Å². The number of aromatic nitrogens is 9. The van der Waals surface area contributed by atoms with Gasteiger partial charge in [0.15, 0.2) is 0 Å². The molecule has 0 atom stereocenters. The van der Waals surface area contributed by atoms with Crippen LogP contribution in [0.4, 0.5) is 0 Å². The molecule has 6 heterocycles. The van der Waals surface area contributed by atoms with Crippen molar-refractivity contribution in [3.63, 3.8) is 0 Å². The molecular formula is C54H33N9. The van der Waals surface area contributed by atoms with Gasteiger partial charge in [0.25, 0.3) is 0 Å². The molecule has 0 spiro atoms. The summed E-state index contributed by atoms with van der Waals surface area (Å²) in [6.07, 6.45) is 16.1. The molecule has 0 saturated heterocycles. The molecule has 294 valence electrons. The Bertz CT molecular complexity index is 3320. The fourth-order valence-electron chi connectivity index (χ4n) is 9.89. The number of nitrogens with zero attached hydrogens (tertiary/aromatic N) is 9. The molecule has 0 aliphatic heterocycles. The summed E-state index contributed by atoms with van der Waals surface area (Å²) in [7, 11) is 0. The summed E-state index contributed by atoms with van der Waals surface area (Å²) in [5.41, 5.74) is 13.3. The molecule has 13 rings (SSSR count). The Morgan fingerprint density at radius 2 is 0.476 bits per heavy atom. The summed E-state index contributed by atoms with van der Waals surface area (Å²) < 4.78 is 7.19. The molecule has 6 aromatic heterocycles. The van der Waals surface area contributed by atoms with Gasteiger partial charge >= 0.3 is 0 Å². The molecule has 7 aromatic carbocycles. The van der Waals surface area contributed by atoms with Crippen molar-refractivity contribution >= 4 is 65.4 Å². The van der Waals surface area contributed by atoms with E-state index in [2.05, 4.69) is 159 Å². The first-order valence-electron chi connectivity index (χ1n) is 20.8. The van der Waals surface area contributed by atoms with Crippen molar-refractivity contribution in [1.82, 2.24) is 43.6 Å². The van der Waals surface area contributed by atoms with Gasteiger partial charge in [-0.05, 0) is 36.4 Å². The summed E-state index contributed by atoms with van der Waals surface area (Å²) in [5, 5.41) is 6.74. The van der Waals surface area contributed by atoms with Crippen molar-refractivity contribution in [2.75, 3.05) is 0 Å². The normalized spacial score (nSPS) is 11.8. The number of hydrogen-bond donors (Lipinski definition) is 0. The number of rotatable bonds is 6. The van der Waals surface area contributed by atoms with E-state index in [0.29, 0.717) is 17.1 Å². The second kappa shape index (κ2) is 13.9. The molecule has 9 nitrogen and oxygen atoms in total. The predicted octanol–water partition coefficient (Wildman–Crippen LogP) is 12.3. The molecule has 0 aliphatic rings. The lowest BCUT2D eigenvalue weighted by atomic mass is 9.90. The van der Waals surface area contributed by atoms with Crippen LogP contribution in [0.5, 0.6) is 0 Å². The molecule has 9 heteroatoms. The lowest BCUT2D eigenvalue weighted by Gasteiger charge is -2.29. The minimum Gasteiger partial charge on any atom is -0.308 e. The Morgan fingerprint density at radius 3 is 0.683 bits per heavy atom. The van der Waals surface area contributed by atoms with Crippen molar-refractivity contribution < 1.29 is 0 Å². The van der Waals surface area contributed by atoms with Gasteiger partial charge in [-0.15, -0.1) is 0 Å². The predicted molar refractivity (Wildman–Crippen MR) is 253 cm³/mol. The van der Waals surface area contributed by atoms with Gasteiger partial charge in [0.2, 0.25) is 0 Å². The van der Waals surface area contributed by atoms with Gasteiger partial charge in [-0.1, -0.05) is 109 Å². The molecule has 0 bridgehead atoms. The van der Waals surface area contributed by atoms with Gasteiger partial charge in [0, 0.05) is 69.5 Å². The van der Waals surface area contributed by atoms with Crippen LogP contribution in [-0.4, -0.2) is 43.6 Å². The summed E-state index contributed by atoms with van der Waals surface area (Å²) in [6, 6.07) is 51.7. The average Bonchev–Trinajstić information content (AvgIpc) is 4.00. The first-order valence-corrected chi connectivity index (χ1v) is 20.8. The van der Waals surface area contributed by atoms with Crippen LogP contribution >= 0.6 is 0 Å². The number of fused-ring (bicyclic) bond motifs is 9. The highest BCUT2D eigenvalue weighted by atomic mass is 15.1. The second-order valence-corrected chi connectivity index (χ2v) is 15.6. The summed E-state index contributed by atoms with van der Waals surface area (Å²) in [6.45, 7) is 0. The van der Waals surface area contributed by atoms with E-state index < -0.39 is 0 Å². The largest absolute Gasteiger partial charge is 0.308 e. The van der Waals surface area contributed by atoms with E-state index in [-0.39, 0.29) is 0 Å². The fraction of sp³-hybridized carbons (Fsp3) is 0. The van der Waals surface area contributed by atoms with Crippen LogP contribution < -0.4 is 0 Å². The number of benzene rings is 7. The topological polar surface area (TPSA) is 92.1 Å². The quantitative estimate of drug-likeness (QED) is 0.166. The van der Waals surface area contributed by atoms with E-state index >= 15 is 0 Å². The van der Waals surface area contributed by atoms with E-state index in [1.165, 1.54) is 0 Å². The maximum Gasteiger partial charge on any atom is 0.0927 e. The highest BCUT2D eigenvalue weighted by molar-refractivity contribution is 6.17. The summed E-state index contributed by atoms with van der Waals surface area (Å²) >= 11 is 0. The molecule has 0 fully saturated rings.